The number of ether oxygens (including phenoxy) is 1. The summed E-state index contributed by atoms with van der Waals surface area (Å²) in [5, 5.41) is 2.65. The molecule has 0 saturated carbocycles. The van der Waals surface area contributed by atoms with E-state index in [4.69, 9.17) is 4.74 Å². The number of benzene rings is 1. The number of carbonyl (C=O) groups is 1. The van der Waals surface area contributed by atoms with Gasteiger partial charge in [0.1, 0.15) is 5.75 Å². The predicted octanol–water partition coefficient (Wildman–Crippen LogP) is 2.32. The zero-order valence-corrected chi connectivity index (χ0v) is 9.67. The average Bonchev–Trinajstić information content (AvgIpc) is 2.74. The number of rotatable bonds is 2. The summed E-state index contributed by atoms with van der Waals surface area (Å²) in [6.45, 7) is 0.452. The van der Waals surface area contributed by atoms with Gasteiger partial charge in [-0.2, -0.15) is 13.2 Å². The fraction of sp³-hybridized carbons (Fsp3) is 0.417. The maximum Gasteiger partial charge on any atom is 0.419 e. The quantitative estimate of drug-likeness (QED) is 0.885. The van der Waals surface area contributed by atoms with E-state index in [2.05, 4.69) is 5.32 Å². The van der Waals surface area contributed by atoms with Crippen LogP contribution in [-0.2, 0) is 11.0 Å². The largest absolute Gasteiger partial charge is 0.496 e. The van der Waals surface area contributed by atoms with Crippen molar-refractivity contribution in [3.63, 3.8) is 0 Å². The molecule has 0 spiro atoms. The molecule has 1 aromatic carbocycles. The third kappa shape index (κ3) is 2.42. The highest BCUT2D eigenvalue weighted by atomic mass is 19.4. The van der Waals surface area contributed by atoms with Crippen LogP contribution in [0, 0.1) is 0 Å². The summed E-state index contributed by atoms with van der Waals surface area (Å²) in [4.78, 5) is 11.1. The second-order valence-electron chi connectivity index (χ2n) is 4.16. The highest BCUT2D eigenvalue weighted by Gasteiger charge is 2.35. The van der Waals surface area contributed by atoms with E-state index >= 15 is 0 Å². The topological polar surface area (TPSA) is 38.3 Å². The Hall–Kier alpha value is -1.72. The van der Waals surface area contributed by atoms with Crippen molar-refractivity contribution < 1.29 is 22.7 Å². The van der Waals surface area contributed by atoms with Crippen molar-refractivity contribution in [3.8, 4) is 5.75 Å². The van der Waals surface area contributed by atoms with Crippen molar-refractivity contribution in [2.45, 2.75) is 18.5 Å². The lowest BCUT2D eigenvalue weighted by Gasteiger charge is -2.15. The van der Waals surface area contributed by atoms with Gasteiger partial charge in [0, 0.05) is 18.9 Å². The Morgan fingerprint density at radius 1 is 1.39 bits per heavy atom. The van der Waals surface area contributed by atoms with Gasteiger partial charge in [-0.3, -0.25) is 4.79 Å². The lowest BCUT2D eigenvalue weighted by Crippen LogP contribution is -2.13. The maximum atomic E-state index is 12.7. The molecule has 2 rings (SSSR count). The van der Waals surface area contributed by atoms with E-state index in [0.29, 0.717) is 18.5 Å². The van der Waals surface area contributed by atoms with Crippen LogP contribution in [-0.4, -0.2) is 19.6 Å². The molecule has 0 aromatic heterocycles. The molecule has 98 valence electrons. The number of hydrogen-bond acceptors (Lipinski definition) is 2. The van der Waals surface area contributed by atoms with Crippen molar-refractivity contribution in [1.29, 1.82) is 0 Å². The van der Waals surface area contributed by atoms with E-state index in [1.165, 1.54) is 19.2 Å². The van der Waals surface area contributed by atoms with E-state index in [0.717, 1.165) is 6.07 Å². The third-order valence-corrected chi connectivity index (χ3v) is 2.98. The van der Waals surface area contributed by atoms with Crippen LogP contribution in [0.2, 0.25) is 0 Å². The van der Waals surface area contributed by atoms with Gasteiger partial charge in [-0.05, 0) is 17.7 Å². The van der Waals surface area contributed by atoms with Crippen LogP contribution in [0.25, 0.3) is 0 Å². The maximum absolute atomic E-state index is 12.7. The van der Waals surface area contributed by atoms with Crippen LogP contribution in [0.1, 0.15) is 23.5 Å². The molecule has 3 nitrogen and oxygen atoms in total. The van der Waals surface area contributed by atoms with Crippen LogP contribution in [0.3, 0.4) is 0 Å². The Bertz CT molecular complexity index is 471. The molecule has 18 heavy (non-hydrogen) atoms. The number of carbonyl (C=O) groups excluding carboxylic acids is 1. The lowest BCUT2D eigenvalue weighted by atomic mass is 9.96. The Morgan fingerprint density at radius 2 is 2.11 bits per heavy atom. The molecule has 6 heteroatoms. The van der Waals surface area contributed by atoms with Gasteiger partial charge in [-0.15, -0.1) is 0 Å². The number of halogens is 3. The molecule has 1 N–H and O–H groups in total. The molecule has 1 unspecified atom stereocenters. The molecular weight excluding hydrogens is 247 g/mol. The van der Waals surface area contributed by atoms with Crippen molar-refractivity contribution in [3.05, 3.63) is 29.3 Å². The van der Waals surface area contributed by atoms with Crippen molar-refractivity contribution in [1.82, 2.24) is 5.32 Å². The first-order valence-corrected chi connectivity index (χ1v) is 5.43. The zero-order valence-electron chi connectivity index (χ0n) is 9.67. The number of hydrogen-bond donors (Lipinski definition) is 1. The average molecular weight is 259 g/mol. The summed E-state index contributed by atoms with van der Waals surface area (Å²) in [6, 6.07) is 3.75. The number of amides is 1. The van der Waals surface area contributed by atoms with Gasteiger partial charge in [-0.25, -0.2) is 0 Å². The molecule has 1 aliphatic heterocycles. The van der Waals surface area contributed by atoms with E-state index in [9.17, 15) is 18.0 Å². The molecule has 1 aliphatic rings. The van der Waals surface area contributed by atoms with Gasteiger partial charge in [-0.1, -0.05) is 6.07 Å². The zero-order chi connectivity index (χ0) is 13.3. The minimum Gasteiger partial charge on any atom is -0.496 e. The first-order valence-electron chi connectivity index (χ1n) is 5.43. The first kappa shape index (κ1) is 12.7. The molecule has 1 heterocycles. The Morgan fingerprint density at radius 3 is 2.61 bits per heavy atom. The minimum atomic E-state index is -4.44. The number of methoxy groups -OCH3 is 1. The Labute approximate surface area is 102 Å². The second-order valence-corrected chi connectivity index (χ2v) is 4.16. The van der Waals surface area contributed by atoms with Gasteiger partial charge in [0.25, 0.3) is 0 Å². The summed E-state index contributed by atoms with van der Waals surface area (Å²) in [6.07, 6.45) is -4.14. The van der Waals surface area contributed by atoms with Crippen LogP contribution >= 0.6 is 0 Å². The van der Waals surface area contributed by atoms with E-state index in [1.807, 2.05) is 0 Å². The first-order chi connectivity index (χ1) is 8.41. The van der Waals surface area contributed by atoms with E-state index in [-0.39, 0.29) is 17.6 Å². The van der Waals surface area contributed by atoms with Crippen LogP contribution in [0.5, 0.6) is 5.75 Å². The van der Waals surface area contributed by atoms with E-state index < -0.39 is 11.7 Å². The van der Waals surface area contributed by atoms with Gasteiger partial charge in [0.05, 0.1) is 12.7 Å². The fourth-order valence-electron chi connectivity index (χ4n) is 2.04. The summed E-state index contributed by atoms with van der Waals surface area (Å²) >= 11 is 0. The Kier molecular flexibility index (Phi) is 3.19. The van der Waals surface area contributed by atoms with Crippen LogP contribution in [0.15, 0.2) is 18.2 Å². The van der Waals surface area contributed by atoms with Gasteiger partial charge >= 0.3 is 6.18 Å². The second kappa shape index (κ2) is 4.51. The number of nitrogens with one attached hydrogen (secondary N) is 1. The van der Waals surface area contributed by atoms with Crippen molar-refractivity contribution in [2.24, 2.45) is 0 Å². The highest BCUT2D eigenvalue weighted by molar-refractivity contribution is 5.79. The molecule has 1 amide bonds. The summed E-state index contributed by atoms with van der Waals surface area (Å²) in [7, 11) is 1.20. The molecular formula is C12H12F3NO2. The van der Waals surface area contributed by atoms with Gasteiger partial charge < -0.3 is 10.1 Å². The predicted molar refractivity (Wildman–Crippen MR) is 58.4 cm³/mol. The standard InChI is InChI=1S/C12H12F3NO2/c1-18-10-4-7(8-5-11(17)16-6-8)2-3-9(10)12(13,14)15/h2-4,8H,5-6H2,1H3,(H,16,17). The normalized spacial score (nSPS) is 19.8. The molecule has 0 bridgehead atoms. The SMILES string of the molecule is COc1cc(C2CNC(=O)C2)ccc1C(F)(F)F. The molecule has 0 aliphatic carbocycles. The smallest absolute Gasteiger partial charge is 0.419 e. The fourth-order valence-corrected chi connectivity index (χ4v) is 2.04. The summed E-state index contributed by atoms with van der Waals surface area (Å²) in [5.74, 6) is -0.383. The summed E-state index contributed by atoms with van der Waals surface area (Å²) < 4.78 is 42.8. The summed E-state index contributed by atoms with van der Waals surface area (Å²) in [5.41, 5.74) is -0.121. The molecule has 1 fully saturated rings. The molecule has 1 atom stereocenters. The highest BCUT2D eigenvalue weighted by Crippen LogP contribution is 2.38. The van der Waals surface area contributed by atoms with Crippen LogP contribution in [0.4, 0.5) is 13.2 Å². The number of alkyl halides is 3. The molecule has 0 radical (unpaired) electrons. The van der Waals surface area contributed by atoms with Gasteiger partial charge in [0.15, 0.2) is 0 Å². The van der Waals surface area contributed by atoms with Crippen LogP contribution < -0.4 is 10.1 Å². The molecule has 1 aromatic rings. The third-order valence-electron chi connectivity index (χ3n) is 2.98. The molecule has 1 saturated heterocycles. The van der Waals surface area contributed by atoms with Crippen molar-refractivity contribution in [2.75, 3.05) is 13.7 Å². The monoisotopic (exact) mass is 259 g/mol. The minimum absolute atomic E-state index is 0.0844. The Balaban J connectivity index is 2.33. The van der Waals surface area contributed by atoms with Gasteiger partial charge in [0.2, 0.25) is 5.91 Å². The van der Waals surface area contributed by atoms with Crippen molar-refractivity contribution >= 4 is 5.91 Å². The lowest BCUT2D eigenvalue weighted by molar-refractivity contribution is -0.138. The van der Waals surface area contributed by atoms with E-state index in [1.54, 1.807) is 0 Å².